The molecule has 0 spiro atoms. The molecule has 0 radical (unpaired) electrons. The zero-order valence-electron chi connectivity index (χ0n) is 10.3. The minimum atomic E-state index is -0.886. The molecule has 2 aromatic rings. The molecular formula is C12H15N3O2S. The fraction of sp³-hybridized carbons (Fsp3) is 0.333. The van der Waals surface area contributed by atoms with Crippen LogP contribution in [0.4, 0.5) is 0 Å². The largest absolute Gasteiger partial charge is 0.480 e. The molecule has 96 valence electrons. The van der Waals surface area contributed by atoms with Crippen molar-refractivity contribution < 1.29 is 9.90 Å². The molecule has 1 atom stereocenters. The summed E-state index contributed by atoms with van der Waals surface area (Å²) in [5.74, 6) is -0.886. The highest BCUT2D eigenvalue weighted by Crippen LogP contribution is 2.18. The molecule has 0 aromatic carbocycles. The van der Waals surface area contributed by atoms with Gasteiger partial charge in [0, 0.05) is 30.2 Å². The summed E-state index contributed by atoms with van der Waals surface area (Å²) >= 11 is 1.60. The van der Waals surface area contributed by atoms with Crippen molar-refractivity contribution in [2.24, 2.45) is 7.05 Å². The number of rotatable bonds is 5. The summed E-state index contributed by atoms with van der Waals surface area (Å²) in [4.78, 5) is 12.4. The number of hydrogen-bond donors (Lipinski definition) is 2. The second-order valence-electron chi connectivity index (χ2n) is 4.08. The molecule has 2 N–H and O–H groups in total. The lowest BCUT2D eigenvalue weighted by Crippen LogP contribution is -2.28. The standard InChI is InChI=1S/C12H15N3O2S/c1-8-10(7-15(2)14-8)11(12(16)17)13-6-9-4-3-5-18-9/h3-5,7,11,13H,6H2,1-2H3,(H,16,17). The first-order chi connectivity index (χ1) is 8.58. The monoisotopic (exact) mass is 265 g/mol. The molecule has 2 aromatic heterocycles. The van der Waals surface area contributed by atoms with Crippen LogP contribution in [0.3, 0.4) is 0 Å². The topological polar surface area (TPSA) is 67.2 Å². The Morgan fingerprint density at radius 3 is 2.94 bits per heavy atom. The number of thiophene rings is 1. The molecule has 2 rings (SSSR count). The van der Waals surface area contributed by atoms with Crippen LogP contribution in [0.2, 0.25) is 0 Å². The van der Waals surface area contributed by atoms with Gasteiger partial charge in [-0.25, -0.2) is 0 Å². The van der Waals surface area contributed by atoms with Crippen molar-refractivity contribution in [3.8, 4) is 0 Å². The van der Waals surface area contributed by atoms with Gasteiger partial charge in [0.05, 0.1) is 5.69 Å². The normalized spacial score (nSPS) is 12.6. The van der Waals surface area contributed by atoms with Gasteiger partial charge in [-0.2, -0.15) is 5.10 Å². The lowest BCUT2D eigenvalue weighted by atomic mass is 10.1. The summed E-state index contributed by atoms with van der Waals surface area (Å²) in [7, 11) is 1.79. The van der Waals surface area contributed by atoms with E-state index in [0.717, 1.165) is 10.6 Å². The Morgan fingerprint density at radius 2 is 2.44 bits per heavy atom. The van der Waals surface area contributed by atoms with Gasteiger partial charge in [-0.3, -0.25) is 14.8 Å². The van der Waals surface area contributed by atoms with Crippen molar-refractivity contribution in [3.63, 3.8) is 0 Å². The van der Waals surface area contributed by atoms with E-state index in [-0.39, 0.29) is 0 Å². The number of aryl methyl sites for hydroxylation is 2. The Kier molecular flexibility index (Phi) is 3.78. The van der Waals surface area contributed by atoms with Gasteiger partial charge < -0.3 is 5.11 Å². The number of nitrogens with one attached hydrogen (secondary N) is 1. The smallest absolute Gasteiger partial charge is 0.325 e. The maximum Gasteiger partial charge on any atom is 0.325 e. The number of hydrogen-bond acceptors (Lipinski definition) is 4. The van der Waals surface area contributed by atoms with Crippen molar-refractivity contribution in [1.29, 1.82) is 0 Å². The molecule has 0 fully saturated rings. The van der Waals surface area contributed by atoms with E-state index in [1.807, 2.05) is 24.4 Å². The van der Waals surface area contributed by atoms with Crippen LogP contribution in [-0.2, 0) is 18.4 Å². The Balaban J connectivity index is 2.13. The predicted octanol–water partition coefficient (Wildman–Crippen LogP) is 1.71. The molecule has 5 nitrogen and oxygen atoms in total. The van der Waals surface area contributed by atoms with E-state index in [9.17, 15) is 9.90 Å². The molecule has 0 amide bonds. The Hall–Kier alpha value is -1.66. The number of aromatic nitrogens is 2. The molecule has 0 saturated carbocycles. The van der Waals surface area contributed by atoms with Crippen LogP contribution in [0.15, 0.2) is 23.7 Å². The van der Waals surface area contributed by atoms with E-state index in [1.165, 1.54) is 0 Å². The Labute approximate surface area is 109 Å². The van der Waals surface area contributed by atoms with Gasteiger partial charge in [-0.15, -0.1) is 11.3 Å². The minimum Gasteiger partial charge on any atom is -0.480 e. The molecule has 0 bridgehead atoms. The van der Waals surface area contributed by atoms with Crippen LogP contribution in [0.1, 0.15) is 22.2 Å². The summed E-state index contributed by atoms with van der Waals surface area (Å²) in [6.07, 6.45) is 1.75. The molecule has 1 unspecified atom stereocenters. The van der Waals surface area contributed by atoms with Gasteiger partial charge in [0.25, 0.3) is 0 Å². The van der Waals surface area contributed by atoms with Crippen molar-refractivity contribution in [2.45, 2.75) is 19.5 Å². The fourth-order valence-corrected chi connectivity index (χ4v) is 2.50. The molecule has 18 heavy (non-hydrogen) atoms. The first kappa shape index (κ1) is 12.8. The minimum absolute atomic E-state index is 0.545. The molecule has 2 heterocycles. The number of carboxylic acids is 1. The number of nitrogens with zero attached hydrogens (tertiary/aromatic N) is 2. The second-order valence-corrected chi connectivity index (χ2v) is 5.11. The average Bonchev–Trinajstić information content (AvgIpc) is 2.89. The van der Waals surface area contributed by atoms with Crippen LogP contribution in [0.5, 0.6) is 0 Å². The fourth-order valence-electron chi connectivity index (χ4n) is 1.85. The lowest BCUT2D eigenvalue weighted by molar-refractivity contribution is -0.139. The third-order valence-electron chi connectivity index (χ3n) is 2.67. The maximum absolute atomic E-state index is 11.3. The van der Waals surface area contributed by atoms with E-state index < -0.39 is 12.0 Å². The van der Waals surface area contributed by atoms with Crippen LogP contribution in [0, 0.1) is 6.92 Å². The van der Waals surface area contributed by atoms with Gasteiger partial charge in [0.1, 0.15) is 6.04 Å². The van der Waals surface area contributed by atoms with Crippen LogP contribution in [0.25, 0.3) is 0 Å². The zero-order chi connectivity index (χ0) is 13.1. The maximum atomic E-state index is 11.3. The Bertz CT molecular complexity index is 534. The zero-order valence-corrected chi connectivity index (χ0v) is 11.1. The van der Waals surface area contributed by atoms with Gasteiger partial charge in [-0.1, -0.05) is 6.07 Å². The number of carboxylic acid groups (broad SMARTS) is 1. The van der Waals surface area contributed by atoms with Crippen LogP contribution < -0.4 is 5.32 Å². The van der Waals surface area contributed by atoms with Crippen molar-refractivity contribution in [2.75, 3.05) is 0 Å². The highest BCUT2D eigenvalue weighted by Gasteiger charge is 2.23. The average molecular weight is 265 g/mol. The van der Waals surface area contributed by atoms with E-state index in [1.54, 1.807) is 29.3 Å². The predicted molar refractivity (Wildman–Crippen MR) is 69.5 cm³/mol. The molecule has 0 aliphatic heterocycles. The third-order valence-corrected chi connectivity index (χ3v) is 3.55. The quantitative estimate of drug-likeness (QED) is 0.863. The summed E-state index contributed by atoms with van der Waals surface area (Å²) in [6.45, 7) is 2.36. The first-order valence-corrected chi connectivity index (χ1v) is 6.44. The van der Waals surface area contributed by atoms with E-state index in [2.05, 4.69) is 10.4 Å². The number of carbonyl (C=O) groups is 1. The van der Waals surface area contributed by atoms with E-state index in [0.29, 0.717) is 12.1 Å². The van der Waals surface area contributed by atoms with Gasteiger partial charge >= 0.3 is 5.97 Å². The summed E-state index contributed by atoms with van der Waals surface area (Å²) in [5.41, 5.74) is 1.45. The third kappa shape index (κ3) is 2.77. The molecule has 0 aliphatic rings. The van der Waals surface area contributed by atoms with E-state index in [4.69, 9.17) is 0 Å². The van der Waals surface area contributed by atoms with Gasteiger partial charge in [0.15, 0.2) is 0 Å². The Morgan fingerprint density at radius 1 is 1.67 bits per heavy atom. The van der Waals surface area contributed by atoms with E-state index >= 15 is 0 Å². The van der Waals surface area contributed by atoms with Crippen LogP contribution in [-0.4, -0.2) is 20.9 Å². The molecule has 0 saturated heterocycles. The molecule has 0 aliphatic carbocycles. The first-order valence-electron chi connectivity index (χ1n) is 5.56. The number of aliphatic carboxylic acids is 1. The highest BCUT2D eigenvalue weighted by molar-refractivity contribution is 7.09. The van der Waals surface area contributed by atoms with Crippen LogP contribution >= 0.6 is 11.3 Å². The lowest BCUT2D eigenvalue weighted by Gasteiger charge is -2.12. The van der Waals surface area contributed by atoms with Crippen molar-refractivity contribution in [3.05, 3.63) is 39.8 Å². The molecular weight excluding hydrogens is 250 g/mol. The highest BCUT2D eigenvalue weighted by atomic mass is 32.1. The summed E-state index contributed by atoms with van der Waals surface area (Å²) < 4.78 is 1.63. The summed E-state index contributed by atoms with van der Waals surface area (Å²) in [6, 6.07) is 3.21. The van der Waals surface area contributed by atoms with Crippen molar-refractivity contribution >= 4 is 17.3 Å². The van der Waals surface area contributed by atoms with Gasteiger partial charge in [-0.05, 0) is 18.4 Å². The molecule has 6 heteroatoms. The SMILES string of the molecule is Cc1nn(C)cc1C(NCc1cccs1)C(=O)O. The summed E-state index contributed by atoms with van der Waals surface area (Å²) in [5, 5.41) is 18.5. The van der Waals surface area contributed by atoms with Gasteiger partial charge in [0.2, 0.25) is 0 Å². The van der Waals surface area contributed by atoms with Crippen molar-refractivity contribution in [1.82, 2.24) is 15.1 Å². The second kappa shape index (κ2) is 5.32.